The second-order valence-corrected chi connectivity index (χ2v) is 3.64. The van der Waals surface area contributed by atoms with Crippen LogP contribution in [0.3, 0.4) is 0 Å². The van der Waals surface area contributed by atoms with Gasteiger partial charge in [0.25, 0.3) is 0 Å². The summed E-state index contributed by atoms with van der Waals surface area (Å²) < 4.78 is 4.93. The van der Waals surface area contributed by atoms with Crippen LogP contribution in [0.5, 0.6) is 0 Å². The molecule has 5 heteroatoms. The average molecular weight is 190 g/mol. The van der Waals surface area contributed by atoms with Gasteiger partial charge in [0.2, 0.25) is 0 Å². The highest BCUT2D eigenvalue weighted by molar-refractivity contribution is 5.65. The lowest BCUT2D eigenvalue weighted by Gasteiger charge is -2.23. The van der Waals surface area contributed by atoms with Crippen molar-refractivity contribution < 1.29 is 14.4 Å². The Morgan fingerprint density at radius 1 is 1.46 bits per heavy atom. The van der Waals surface area contributed by atoms with Crippen molar-refractivity contribution in [2.24, 2.45) is 5.84 Å². The van der Waals surface area contributed by atoms with Gasteiger partial charge in [-0.15, -0.1) is 5.17 Å². The Kier molecular flexibility index (Phi) is 4.72. The number of hydrazine groups is 1. The molecule has 0 rings (SSSR count). The van der Waals surface area contributed by atoms with E-state index in [2.05, 4.69) is 0 Å². The second kappa shape index (κ2) is 5.04. The van der Waals surface area contributed by atoms with E-state index in [0.29, 0.717) is 11.8 Å². The quantitative estimate of drug-likeness (QED) is 0.415. The number of hydrogen-bond donors (Lipinski definition) is 1. The Morgan fingerprint density at radius 3 is 2.38 bits per heavy atom. The van der Waals surface area contributed by atoms with E-state index < -0.39 is 11.7 Å². The van der Waals surface area contributed by atoms with E-state index in [0.717, 1.165) is 6.42 Å². The lowest BCUT2D eigenvalue weighted by molar-refractivity contribution is -0.149. The van der Waals surface area contributed by atoms with Gasteiger partial charge in [0.05, 0.1) is 6.61 Å². The number of nitrogens with zero attached hydrogens (tertiary/aromatic N) is 1. The smallest absolute Gasteiger partial charge is 0.441 e. The van der Waals surface area contributed by atoms with Gasteiger partial charge in [-0.2, -0.15) is 0 Å². The molecule has 78 valence electrons. The van der Waals surface area contributed by atoms with Crippen molar-refractivity contribution in [2.45, 2.75) is 39.7 Å². The van der Waals surface area contributed by atoms with Crippen molar-refractivity contribution in [3.63, 3.8) is 0 Å². The zero-order valence-corrected chi connectivity index (χ0v) is 8.66. The van der Waals surface area contributed by atoms with Gasteiger partial charge in [-0.05, 0) is 27.2 Å². The van der Waals surface area contributed by atoms with Gasteiger partial charge in [0, 0.05) is 0 Å². The van der Waals surface area contributed by atoms with Crippen molar-refractivity contribution in [1.29, 1.82) is 0 Å². The molecule has 0 saturated carbocycles. The SMILES string of the molecule is CCCON(N)C(=O)OC(C)(C)C. The van der Waals surface area contributed by atoms with Gasteiger partial charge in [0.1, 0.15) is 5.60 Å². The molecular weight excluding hydrogens is 172 g/mol. The van der Waals surface area contributed by atoms with Gasteiger partial charge in [0.15, 0.2) is 0 Å². The minimum atomic E-state index is -0.680. The molecule has 0 atom stereocenters. The van der Waals surface area contributed by atoms with Crippen LogP contribution in [-0.2, 0) is 9.57 Å². The Labute approximate surface area is 78.7 Å². The first kappa shape index (κ1) is 12.2. The summed E-state index contributed by atoms with van der Waals surface area (Å²) in [6, 6.07) is 0. The molecule has 0 saturated heterocycles. The van der Waals surface area contributed by atoms with Crippen LogP contribution < -0.4 is 5.84 Å². The van der Waals surface area contributed by atoms with Gasteiger partial charge in [-0.3, -0.25) is 4.84 Å². The number of nitrogens with two attached hydrogens (primary N) is 1. The molecule has 0 aliphatic carbocycles. The van der Waals surface area contributed by atoms with E-state index in [1.54, 1.807) is 20.8 Å². The first-order valence-electron chi connectivity index (χ1n) is 4.27. The van der Waals surface area contributed by atoms with Crippen LogP contribution in [0.1, 0.15) is 34.1 Å². The van der Waals surface area contributed by atoms with Crippen LogP contribution in [0.25, 0.3) is 0 Å². The summed E-state index contributed by atoms with van der Waals surface area (Å²) in [7, 11) is 0. The molecule has 0 radical (unpaired) electrons. The number of carbonyl (C=O) groups is 1. The van der Waals surface area contributed by atoms with Gasteiger partial charge >= 0.3 is 6.09 Å². The Morgan fingerprint density at radius 2 is 2.00 bits per heavy atom. The summed E-state index contributed by atoms with van der Waals surface area (Å²) in [5.74, 6) is 5.25. The van der Waals surface area contributed by atoms with E-state index in [1.165, 1.54) is 0 Å². The van der Waals surface area contributed by atoms with Crippen LogP contribution in [0.4, 0.5) is 4.79 Å². The predicted molar refractivity (Wildman–Crippen MR) is 48.5 cm³/mol. The van der Waals surface area contributed by atoms with E-state index in [1.807, 2.05) is 6.92 Å². The minimum absolute atomic E-state index is 0.399. The third-order valence-corrected chi connectivity index (χ3v) is 1.01. The van der Waals surface area contributed by atoms with Crippen molar-refractivity contribution in [3.05, 3.63) is 0 Å². The second-order valence-electron chi connectivity index (χ2n) is 3.64. The molecule has 0 fully saturated rings. The third kappa shape index (κ3) is 6.36. The average Bonchev–Trinajstić information content (AvgIpc) is 1.96. The minimum Gasteiger partial charge on any atom is -0.441 e. The number of ether oxygens (including phenoxy) is 1. The monoisotopic (exact) mass is 190 g/mol. The van der Waals surface area contributed by atoms with Crippen molar-refractivity contribution >= 4 is 6.09 Å². The van der Waals surface area contributed by atoms with E-state index in [4.69, 9.17) is 15.4 Å². The van der Waals surface area contributed by atoms with Crippen molar-refractivity contribution in [1.82, 2.24) is 5.17 Å². The zero-order chi connectivity index (χ0) is 10.5. The van der Waals surface area contributed by atoms with Crippen LogP contribution in [0.2, 0.25) is 0 Å². The molecule has 0 aliphatic rings. The summed E-state index contributed by atoms with van der Waals surface area (Å²) in [4.78, 5) is 16.0. The molecule has 13 heavy (non-hydrogen) atoms. The first-order chi connectivity index (χ1) is 5.87. The molecule has 0 aromatic carbocycles. The number of amides is 1. The standard InChI is InChI=1S/C8H18N2O3/c1-5-6-12-10(9)7(11)13-8(2,3)4/h5-6,9H2,1-4H3. The summed E-state index contributed by atoms with van der Waals surface area (Å²) in [6.07, 6.45) is 0.109. The largest absolute Gasteiger partial charge is 0.449 e. The van der Waals surface area contributed by atoms with Crippen LogP contribution in [0.15, 0.2) is 0 Å². The topological polar surface area (TPSA) is 64.8 Å². The lowest BCUT2D eigenvalue weighted by atomic mass is 10.2. The van der Waals surface area contributed by atoms with Crippen molar-refractivity contribution in [2.75, 3.05) is 6.61 Å². The Hall–Kier alpha value is -0.810. The molecule has 0 heterocycles. The maximum Gasteiger partial charge on any atom is 0.449 e. The van der Waals surface area contributed by atoms with Crippen LogP contribution >= 0.6 is 0 Å². The number of hydrogen-bond acceptors (Lipinski definition) is 4. The first-order valence-corrected chi connectivity index (χ1v) is 4.27. The highest BCUT2D eigenvalue weighted by Crippen LogP contribution is 2.08. The fourth-order valence-electron chi connectivity index (χ4n) is 0.549. The molecular formula is C8H18N2O3. The highest BCUT2D eigenvalue weighted by Gasteiger charge is 2.20. The van der Waals surface area contributed by atoms with Gasteiger partial charge in [-0.25, -0.2) is 10.6 Å². The van der Waals surface area contributed by atoms with Gasteiger partial charge < -0.3 is 4.74 Å². The highest BCUT2D eigenvalue weighted by atomic mass is 16.8. The number of rotatable bonds is 3. The fraction of sp³-hybridized carbons (Fsp3) is 0.875. The fourth-order valence-corrected chi connectivity index (χ4v) is 0.549. The summed E-state index contributed by atoms with van der Waals surface area (Å²) in [6.45, 7) is 7.61. The molecule has 1 amide bonds. The van der Waals surface area contributed by atoms with Crippen LogP contribution in [0, 0.1) is 0 Å². The summed E-state index contributed by atoms with van der Waals surface area (Å²) in [5.41, 5.74) is -0.551. The van der Waals surface area contributed by atoms with E-state index in [9.17, 15) is 4.79 Å². The predicted octanol–water partition coefficient (Wildman–Crippen LogP) is 1.44. The van der Waals surface area contributed by atoms with Gasteiger partial charge in [-0.1, -0.05) is 6.92 Å². The summed E-state index contributed by atoms with van der Waals surface area (Å²) in [5, 5.41) is 0.620. The maximum atomic E-state index is 11.1. The molecule has 0 unspecified atom stereocenters. The van der Waals surface area contributed by atoms with E-state index >= 15 is 0 Å². The molecule has 0 aliphatic heterocycles. The lowest BCUT2D eigenvalue weighted by Crippen LogP contribution is -2.41. The Bertz CT molecular complexity index is 165. The molecule has 0 aromatic heterocycles. The molecule has 2 N–H and O–H groups in total. The number of hydroxylamine groups is 1. The van der Waals surface area contributed by atoms with Crippen LogP contribution in [-0.4, -0.2) is 23.5 Å². The molecule has 0 aromatic rings. The third-order valence-electron chi connectivity index (χ3n) is 1.01. The molecule has 0 bridgehead atoms. The maximum absolute atomic E-state index is 11.1. The normalized spacial score (nSPS) is 11.2. The molecule has 5 nitrogen and oxygen atoms in total. The molecule has 0 spiro atoms. The summed E-state index contributed by atoms with van der Waals surface area (Å²) >= 11 is 0. The number of carbonyl (C=O) groups excluding carboxylic acids is 1. The zero-order valence-electron chi connectivity index (χ0n) is 8.66. The van der Waals surface area contributed by atoms with Crippen molar-refractivity contribution in [3.8, 4) is 0 Å². The van der Waals surface area contributed by atoms with E-state index in [-0.39, 0.29) is 0 Å². The Balaban J connectivity index is 3.83.